The maximum atomic E-state index is 11.5. The van der Waals surface area contributed by atoms with Crippen LogP contribution in [-0.2, 0) is 9.53 Å². The largest absolute Gasteiger partial charge is 0.461 e. The Morgan fingerprint density at radius 3 is 2.62 bits per heavy atom. The Balaban J connectivity index is 1.95. The molecule has 0 amide bonds. The van der Waals surface area contributed by atoms with E-state index in [-0.39, 0.29) is 18.0 Å². The molecule has 13 heavy (non-hydrogen) atoms. The van der Waals surface area contributed by atoms with Crippen LogP contribution in [0.1, 0.15) is 32.1 Å². The van der Waals surface area contributed by atoms with Gasteiger partial charge in [0, 0.05) is 5.33 Å². The van der Waals surface area contributed by atoms with Gasteiger partial charge in [0.15, 0.2) is 0 Å². The number of cyclic esters (lactones) is 1. The number of hydrogen-bond donors (Lipinski definition) is 0. The molecule has 2 nitrogen and oxygen atoms in total. The fourth-order valence-electron chi connectivity index (χ4n) is 2.52. The van der Waals surface area contributed by atoms with Gasteiger partial charge in [-0.3, -0.25) is 4.79 Å². The van der Waals surface area contributed by atoms with Crippen LogP contribution in [0.2, 0.25) is 0 Å². The highest BCUT2D eigenvalue weighted by molar-refractivity contribution is 9.09. The minimum absolute atomic E-state index is 0.0522. The van der Waals surface area contributed by atoms with Crippen LogP contribution in [-0.4, -0.2) is 17.4 Å². The van der Waals surface area contributed by atoms with Crippen LogP contribution in [0.4, 0.5) is 0 Å². The molecule has 0 radical (unpaired) electrons. The van der Waals surface area contributed by atoms with E-state index in [1.54, 1.807) is 0 Å². The molecule has 2 atom stereocenters. The summed E-state index contributed by atoms with van der Waals surface area (Å²) >= 11 is 3.36. The molecule has 0 bridgehead atoms. The Hall–Kier alpha value is -0.0500. The summed E-state index contributed by atoms with van der Waals surface area (Å²) in [5.41, 5.74) is 0. The molecular formula is C10H15BrO2. The highest BCUT2D eigenvalue weighted by Gasteiger charge is 2.39. The molecule has 1 heterocycles. The smallest absolute Gasteiger partial charge is 0.309 e. The Morgan fingerprint density at radius 2 is 2.08 bits per heavy atom. The van der Waals surface area contributed by atoms with Crippen LogP contribution >= 0.6 is 15.9 Å². The van der Waals surface area contributed by atoms with Gasteiger partial charge in [-0.15, -0.1) is 0 Å². The van der Waals surface area contributed by atoms with Crippen molar-refractivity contribution in [1.82, 2.24) is 0 Å². The van der Waals surface area contributed by atoms with Gasteiger partial charge in [-0.05, 0) is 25.2 Å². The number of hydrogen-bond acceptors (Lipinski definition) is 2. The molecule has 2 rings (SSSR count). The van der Waals surface area contributed by atoms with Crippen LogP contribution in [0, 0.1) is 11.8 Å². The molecule has 1 saturated heterocycles. The Labute approximate surface area is 87.2 Å². The van der Waals surface area contributed by atoms with E-state index in [2.05, 4.69) is 15.9 Å². The lowest BCUT2D eigenvalue weighted by atomic mass is 9.88. The minimum atomic E-state index is 0.0522. The summed E-state index contributed by atoms with van der Waals surface area (Å²) in [6, 6.07) is 0. The number of esters is 1. The molecule has 74 valence electrons. The Morgan fingerprint density at radius 1 is 1.38 bits per heavy atom. The third kappa shape index (κ3) is 1.90. The Bertz CT molecular complexity index is 199. The van der Waals surface area contributed by atoms with Crippen LogP contribution in [0.3, 0.4) is 0 Å². The van der Waals surface area contributed by atoms with Crippen molar-refractivity contribution in [3.05, 3.63) is 0 Å². The van der Waals surface area contributed by atoms with Crippen molar-refractivity contribution in [3.63, 3.8) is 0 Å². The standard InChI is InChI=1S/C10H15BrO2/c11-6-8-5-9(10(12)13-8)7-3-1-2-4-7/h7-9H,1-6H2. The highest BCUT2D eigenvalue weighted by atomic mass is 79.9. The number of halogens is 1. The van der Waals surface area contributed by atoms with Gasteiger partial charge in [0.1, 0.15) is 6.10 Å². The normalized spacial score (nSPS) is 35.3. The summed E-state index contributed by atoms with van der Waals surface area (Å²) in [4.78, 5) is 11.5. The summed E-state index contributed by atoms with van der Waals surface area (Å²) in [6.45, 7) is 0. The lowest BCUT2D eigenvalue weighted by Gasteiger charge is -2.12. The fraction of sp³-hybridized carbons (Fsp3) is 0.900. The SMILES string of the molecule is O=C1OC(CBr)CC1C1CCCC1. The second-order valence-electron chi connectivity index (χ2n) is 4.10. The molecule has 0 aromatic heterocycles. The average Bonchev–Trinajstić information content (AvgIpc) is 2.72. The van der Waals surface area contributed by atoms with Gasteiger partial charge in [0.05, 0.1) is 5.92 Å². The summed E-state index contributed by atoms with van der Waals surface area (Å²) in [6.07, 6.45) is 6.14. The van der Waals surface area contributed by atoms with Crippen molar-refractivity contribution in [2.45, 2.75) is 38.2 Å². The first kappa shape index (κ1) is 9.50. The van der Waals surface area contributed by atoms with Crippen LogP contribution < -0.4 is 0 Å². The molecule has 0 aromatic carbocycles. The first-order chi connectivity index (χ1) is 6.31. The topological polar surface area (TPSA) is 26.3 Å². The van der Waals surface area contributed by atoms with Gasteiger partial charge in [0.2, 0.25) is 0 Å². The molecule has 2 aliphatic rings. The van der Waals surface area contributed by atoms with Gasteiger partial charge < -0.3 is 4.74 Å². The maximum absolute atomic E-state index is 11.5. The van der Waals surface area contributed by atoms with E-state index < -0.39 is 0 Å². The molecular weight excluding hydrogens is 232 g/mol. The quantitative estimate of drug-likeness (QED) is 0.553. The second kappa shape index (κ2) is 3.99. The van der Waals surface area contributed by atoms with E-state index in [9.17, 15) is 4.79 Å². The zero-order chi connectivity index (χ0) is 9.26. The molecule has 0 N–H and O–H groups in total. The number of ether oxygens (including phenoxy) is 1. The van der Waals surface area contributed by atoms with Crippen LogP contribution in [0.25, 0.3) is 0 Å². The molecule has 1 aliphatic carbocycles. The summed E-state index contributed by atoms with van der Waals surface area (Å²) in [5.74, 6) is 0.887. The summed E-state index contributed by atoms with van der Waals surface area (Å²) < 4.78 is 5.25. The fourth-order valence-corrected chi connectivity index (χ4v) is 2.91. The lowest BCUT2D eigenvalue weighted by molar-refractivity contribution is -0.144. The number of rotatable bonds is 2. The third-order valence-electron chi connectivity index (χ3n) is 3.24. The van der Waals surface area contributed by atoms with Gasteiger partial charge in [0.25, 0.3) is 0 Å². The minimum Gasteiger partial charge on any atom is -0.461 e. The van der Waals surface area contributed by atoms with E-state index in [4.69, 9.17) is 4.74 Å². The van der Waals surface area contributed by atoms with Gasteiger partial charge >= 0.3 is 5.97 Å². The van der Waals surface area contributed by atoms with E-state index in [1.807, 2.05) is 0 Å². The van der Waals surface area contributed by atoms with Crippen molar-refractivity contribution in [2.24, 2.45) is 11.8 Å². The molecule has 1 saturated carbocycles. The maximum Gasteiger partial charge on any atom is 0.309 e. The summed E-state index contributed by atoms with van der Waals surface area (Å²) in [5, 5.41) is 0.794. The zero-order valence-corrected chi connectivity index (χ0v) is 9.26. The van der Waals surface area contributed by atoms with Gasteiger partial charge in [-0.1, -0.05) is 28.8 Å². The second-order valence-corrected chi connectivity index (χ2v) is 4.75. The molecule has 3 heteroatoms. The average molecular weight is 247 g/mol. The lowest BCUT2D eigenvalue weighted by Crippen LogP contribution is -2.16. The number of alkyl halides is 1. The molecule has 2 unspecified atom stereocenters. The first-order valence-corrected chi connectivity index (χ1v) is 6.20. The predicted octanol–water partition coefficient (Wildman–Crippen LogP) is 2.50. The van der Waals surface area contributed by atoms with Crippen molar-refractivity contribution < 1.29 is 9.53 Å². The van der Waals surface area contributed by atoms with Gasteiger partial charge in [-0.25, -0.2) is 0 Å². The van der Waals surface area contributed by atoms with Crippen molar-refractivity contribution in [1.29, 1.82) is 0 Å². The van der Waals surface area contributed by atoms with Gasteiger partial charge in [-0.2, -0.15) is 0 Å². The monoisotopic (exact) mass is 246 g/mol. The zero-order valence-electron chi connectivity index (χ0n) is 7.67. The van der Waals surface area contributed by atoms with Crippen LogP contribution in [0.5, 0.6) is 0 Å². The van der Waals surface area contributed by atoms with Crippen molar-refractivity contribution in [3.8, 4) is 0 Å². The molecule has 0 spiro atoms. The molecule has 2 fully saturated rings. The van der Waals surface area contributed by atoms with E-state index in [0.29, 0.717) is 5.92 Å². The molecule has 1 aliphatic heterocycles. The highest BCUT2D eigenvalue weighted by Crippen LogP contribution is 2.38. The van der Waals surface area contributed by atoms with Crippen molar-refractivity contribution in [2.75, 3.05) is 5.33 Å². The first-order valence-electron chi connectivity index (χ1n) is 5.07. The van der Waals surface area contributed by atoms with E-state index in [1.165, 1.54) is 25.7 Å². The Kier molecular flexibility index (Phi) is 2.92. The molecule has 0 aromatic rings. The predicted molar refractivity (Wildman–Crippen MR) is 53.7 cm³/mol. The third-order valence-corrected chi connectivity index (χ3v) is 3.97. The number of carbonyl (C=O) groups is 1. The number of carbonyl (C=O) groups excluding carboxylic acids is 1. The van der Waals surface area contributed by atoms with E-state index >= 15 is 0 Å². The van der Waals surface area contributed by atoms with E-state index in [0.717, 1.165) is 11.8 Å². The summed E-state index contributed by atoms with van der Waals surface area (Å²) in [7, 11) is 0. The van der Waals surface area contributed by atoms with Crippen molar-refractivity contribution >= 4 is 21.9 Å². The van der Waals surface area contributed by atoms with Crippen LogP contribution in [0.15, 0.2) is 0 Å².